The molecule has 1 aromatic heterocycles. The van der Waals surface area contributed by atoms with E-state index in [1.807, 2.05) is 48.5 Å². The lowest BCUT2D eigenvalue weighted by molar-refractivity contribution is 0.0696. The molecule has 0 unspecified atom stereocenters. The Kier molecular flexibility index (Phi) is 5.48. The smallest absolute Gasteiger partial charge is 0.335 e. The molecule has 0 spiro atoms. The SMILES string of the molecule is COc1cc(C(=O)O)ccc1Oc1cccc(OCc2ccc3ccccc3n2)c1. The Balaban J connectivity index is 1.48. The van der Waals surface area contributed by atoms with E-state index in [2.05, 4.69) is 4.98 Å². The Morgan fingerprint density at radius 2 is 1.73 bits per heavy atom. The number of carboxylic acid groups (broad SMARTS) is 1. The molecule has 0 aliphatic rings. The monoisotopic (exact) mass is 401 g/mol. The van der Waals surface area contributed by atoms with E-state index in [-0.39, 0.29) is 5.56 Å². The van der Waals surface area contributed by atoms with Gasteiger partial charge in [-0.1, -0.05) is 30.3 Å². The van der Waals surface area contributed by atoms with Crippen LogP contribution in [0.25, 0.3) is 10.9 Å². The molecule has 6 nitrogen and oxygen atoms in total. The van der Waals surface area contributed by atoms with E-state index in [9.17, 15) is 4.79 Å². The van der Waals surface area contributed by atoms with Gasteiger partial charge >= 0.3 is 5.97 Å². The van der Waals surface area contributed by atoms with Gasteiger partial charge in [-0.25, -0.2) is 9.78 Å². The number of aromatic carboxylic acids is 1. The van der Waals surface area contributed by atoms with Crippen molar-refractivity contribution in [3.05, 3.63) is 90.1 Å². The Morgan fingerprint density at radius 3 is 2.57 bits per heavy atom. The molecular formula is C24H19NO5. The van der Waals surface area contributed by atoms with E-state index in [1.54, 1.807) is 18.2 Å². The highest BCUT2D eigenvalue weighted by molar-refractivity contribution is 5.88. The first-order valence-electron chi connectivity index (χ1n) is 9.29. The van der Waals surface area contributed by atoms with Crippen LogP contribution in [0.1, 0.15) is 16.1 Å². The number of rotatable bonds is 7. The van der Waals surface area contributed by atoms with Crippen molar-refractivity contribution in [3.8, 4) is 23.0 Å². The average molecular weight is 401 g/mol. The van der Waals surface area contributed by atoms with Crippen LogP contribution in [0.15, 0.2) is 78.9 Å². The van der Waals surface area contributed by atoms with Crippen LogP contribution in [0, 0.1) is 0 Å². The topological polar surface area (TPSA) is 77.9 Å². The number of carbonyl (C=O) groups is 1. The van der Waals surface area contributed by atoms with Gasteiger partial charge in [0, 0.05) is 11.5 Å². The van der Waals surface area contributed by atoms with Crippen LogP contribution in [0.2, 0.25) is 0 Å². The lowest BCUT2D eigenvalue weighted by Crippen LogP contribution is -1.99. The normalized spacial score (nSPS) is 10.6. The fraction of sp³-hybridized carbons (Fsp3) is 0.0833. The summed E-state index contributed by atoms with van der Waals surface area (Å²) in [5.74, 6) is 0.888. The minimum atomic E-state index is -1.03. The molecule has 1 N–H and O–H groups in total. The number of hydrogen-bond donors (Lipinski definition) is 1. The summed E-state index contributed by atoms with van der Waals surface area (Å²) in [6.07, 6.45) is 0. The summed E-state index contributed by atoms with van der Waals surface area (Å²) < 4.78 is 17.0. The Hall–Kier alpha value is -4.06. The molecular weight excluding hydrogens is 382 g/mol. The van der Waals surface area contributed by atoms with Gasteiger partial charge in [0.15, 0.2) is 11.5 Å². The highest BCUT2D eigenvalue weighted by Gasteiger charge is 2.11. The molecule has 1 heterocycles. The molecule has 0 fully saturated rings. The minimum absolute atomic E-state index is 0.124. The van der Waals surface area contributed by atoms with Crippen LogP contribution >= 0.6 is 0 Å². The quantitative estimate of drug-likeness (QED) is 0.452. The van der Waals surface area contributed by atoms with Gasteiger partial charge < -0.3 is 19.3 Å². The molecule has 0 amide bonds. The molecule has 0 bridgehead atoms. The van der Waals surface area contributed by atoms with Crippen molar-refractivity contribution in [2.45, 2.75) is 6.61 Å². The molecule has 30 heavy (non-hydrogen) atoms. The van der Waals surface area contributed by atoms with Crippen molar-refractivity contribution in [1.29, 1.82) is 0 Å². The third-order valence-corrected chi connectivity index (χ3v) is 4.49. The van der Waals surface area contributed by atoms with Gasteiger partial charge in [-0.15, -0.1) is 0 Å². The van der Waals surface area contributed by atoms with Crippen molar-refractivity contribution >= 4 is 16.9 Å². The van der Waals surface area contributed by atoms with Gasteiger partial charge in [0.2, 0.25) is 0 Å². The summed E-state index contributed by atoms with van der Waals surface area (Å²) in [7, 11) is 1.46. The van der Waals surface area contributed by atoms with Gasteiger partial charge in [-0.3, -0.25) is 0 Å². The molecule has 3 aromatic carbocycles. The summed E-state index contributed by atoms with van der Waals surface area (Å²) in [5.41, 5.74) is 1.87. The van der Waals surface area contributed by atoms with Crippen molar-refractivity contribution in [1.82, 2.24) is 4.98 Å². The van der Waals surface area contributed by atoms with Gasteiger partial charge in [0.05, 0.1) is 23.9 Å². The van der Waals surface area contributed by atoms with Crippen molar-refractivity contribution in [2.75, 3.05) is 7.11 Å². The third kappa shape index (κ3) is 4.33. The fourth-order valence-electron chi connectivity index (χ4n) is 2.99. The van der Waals surface area contributed by atoms with Crippen LogP contribution in [-0.2, 0) is 6.61 Å². The number of hydrogen-bond acceptors (Lipinski definition) is 5. The lowest BCUT2D eigenvalue weighted by Gasteiger charge is -2.12. The fourth-order valence-corrected chi connectivity index (χ4v) is 2.99. The molecule has 0 aliphatic carbocycles. The Labute approximate surface area is 173 Å². The predicted molar refractivity (Wildman–Crippen MR) is 113 cm³/mol. The molecule has 6 heteroatoms. The third-order valence-electron chi connectivity index (χ3n) is 4.49. The van der Waals surface area contributed by atoms with Gasteiger partial charge in [-0.05, 0) is 42.5 Å². The van der Waals surface area contributed by atoms with Crippen molar-refractivity contribution in [2.24, 2.45) is 0 Å². The zero-order valence-corrected chi connectivity index (χ0v) is 16.2. The second-order valence-corrected chi connectivity index (χ2v) is 6.53. The lowest BCUT2D eigenvalue weighted by atomic mass is 10.2. The number of aromatic nitrogens is 1. The van der Waals surface area contributed by atoms with E-state index in [0.29, 0.717) is 29.6 Å². The molecule has 0 aliphatic heterocycles. The number of para-hydroxylation sites is 1. The van der Waals surface area contributed by atoms with Crippen LogP contribution in [0.3, 0.4) is 0 Å². The first kappa shape index (κ1) is 19.3. The highest BCUT2D eigenvalue weighted by atomic mass is 16.5. The van der Waals surface area contributed by atoms with E-state index in [1.165, 1.54) is 19.2 Å². The number of nitrogens with zero attached hydrogens (tertiary/aromatic N) is 1. The molecule has 4 aromatic rings. The zero-order valence-electron chi connectivity index (χ0n) is 16.2. The van der Waals surface area contributed by atoms with E-state index < -0.39 is 5.97 Å². The number of pyridine rings is 1. The Bertz CT molecular complexity index is 1210. The van der Waals surface area contributed by atoms with Crippen molar-refractivity contribution in [3.63, 3.8) is 0 Å². The first-order valence-corrected chi connectivity index (χ1v) is 9.29. The van der Waals surface area contributed by atoms with Crippen molar-refractivity contribution < 1.29 is 24.1 Å². The standard InChI is InChI=1S/C24H19NO5/c1-28-23-13-17(24(26)27)10-12-22(23)30-20-7-4-6-19(14-20)29-15-18-11-9-16-5-2-3-8-21(16)25-18/h2-14H,15H2,1H3,(H,26,27). The molecule has 150 valence electrons. The van der Waals surface area contributed by atoms with Crippen LogP contribution in [-0.4, -0.2) is 23.2 Å². The van der Waals surface area contributed by atoms with Crippen LogP contribution in [0.5, 0.6) is 23.0 Å². The number of ether oxygens (including phenoxy) is 3. The number of benzene rings is 3. The Morgan fingerprint density at radius 1 is 0.900 bits per heavy atom. The second kappa shape index (κ2) is 8.53. The van der Waals surface area contributed by atoms with Crippen LogP contribution < -0.4 is 14.2 Å². The second-order valence-electron chi connectivity index (χ2n) is 6.53. The average Bonchev–Trinajstić information content (AvgIpc) is 2.78. The molecule has 0 radical (unpaired) electrons. The number of carboxylic acids is 1. The summed E-state index contributed by atoms with van der Waals surface area (Å²) in [6.45, 7) is 0.324. The number of methoxy groups -OCH3 is 1. The van der Waals surface area contributed by atoms with Gasteiger partial charge in [-0.2, -0.15) is 0 Å². The largest absolute Gasteiger partial charge is 0.493 e. The van der Waals surface area contributed by atoms with Gasteiger partial charge in [0.1, 0.15) is 18.1 Å². The summed E-state index contributed by atoms with van der Waals surface area (Å²) in [5, 5.41) is 10.2. The minimum Gasteiger partial charge on any atom is -0.493 e. The molecule has 0 saturated heterocycles. The number of fused-ring (bicyclic) bond motifs is 1. The summed E-state index contributed by atoms with van der Waals surface area (Å²) in [6, 6.07) is 23.5. The highest BCUT2D eigenvalue weighted by Crippen LogP contribution is 2.33. The molecule has 4 rings (SSSR count). The maximum atomic E-state index is 11.1. The maximum Gasteiger partial charge on any atom is 0.335 e. The van der Waals surface area contributed by atoms with Crippen LogP contribution in [0.4, 0.5) is 0 Å². The maximum absolute atomic E-state index is 11.1. The van der Waals surface area contributed by atoms with E-state index in [0.717, 1.165) is 16.6 Å². The molecule has 0 atom stereocenters. The predicted octanol–water partition coefficient (Wildman–Crippen LogP) is 5.31. The molecule has 0 saturated carbocycles. The van der Waals surface area contributed by atoms with E-state index in [4.69, 9.17) is 19.3 Å². The first-order chi connectivity index (χ1) is 14.6. The zero-order chi connectivity index (χ0) is 20.9. The van der Waals surface area contributed by atoms with Gasteiger partial charge in [0.25, 0.3) is 0 Å². The van der Waals surface area contributed by atoms with E-state index >= 15 is 0 Å². The summed E-state index contributed by atoms with van der Waals surface area (Å²) >= 11 is 0. The summed E-state index contributed by atoms with van der Waals surface area (Å²) in [4.78, 5) is 15.7.